The van der Waals surface area contributed by atoms with Crippen molar-refractivity contribution in [1.29, 1.82) is 0 Å². The van der Waals surface area contributed by atoms with Gasteiger partial charge < -0.3 is 14.4 Å². The molecule has 1 aromatic rings. The van der Waals surface area contributed by atoms with E-state index in [0.29, 0.717) is 37.1 Å². The number of piperidine rings is 1. The number of benzene rings is 1. The summed E-state index contributed by atoms with van der Waals surface area (Å²) < 4.78 is 10.1. The first kappa shape index (κ1) is 19.0. The van der Waals surface area contributed by atoms with Gasteiger partial charge >= 0.3 is 12.1 Å². The van der Waals surface area contributed by atoms with Crippen LogP contribution in [0.25, 0.3) is 0 Å². The number of methoxy groups -OCH3 is 1. The van der Waals surface area contributed by atoms with Crippen molar-refractivity contribution in [2.45, 2.75) is 39.2 Å². The van der Waals surface area contributed by atoms with Crippen molar-refractivity contribution in [1.82, 2.24) is 4.90 Å². The Bertz CT molecular complexity index is 654. The van der Waals surface area contributed by atoms with Crippen LogP contribution in [0, 0.1) is 5.92 Å². The van der Waals surface area contributed by atoms with Crippen LogP contribution in [0.1, 0.15) is 54.3 Å². The number of hydrogen-bond acceptors (Lipinski definition) is 5. The average molecular weight is 347 g/mol. The molecule has 1 heterocycles. The van der Waals surface area contributed by atoms with Crippen molar-refractivity contribution in [2.24, 2.45) is 5.92 Å². The second-order valence-electron chi connectivity index (χ2n) is 7.18. The molecule has 0 aromatic heterocycles. The molecule has 1 aromatic carbocycles. The fourth-order valence-electron chi connectivity index (χ4n) is 2.80. The number of esters is 1. The van der Waals surface area contributed by atoms with Gasteiger partial charge in [0.1, 0.15) is 5.60 Å². The van der Waals surface area contributed by atoms with Crippen LogP contribution in [-0.4, -0.2) is 48.5 Å². The zero-order valence-corrected chi connectivity index (χ0v) is 15.2. The first-order chi connectivity index (χ1) is 11.7. The molecule has 0 aliphatic carbocycles. The topological polar surface area (TPSA) is 72.9 Å². The Balaban J connectivity index is 1.98. The lowest BCUT2D eigenvalue weighted by molar-refractivity contribution is 0.0182. The zero-order valence-electron chi connectivity index (χ0n) is 15.2. The van der Waals surface area contributed by atoms with Crippen molar-refractivity contribution in [3.63, 3.8) is 0 Å². The second kappa shape index (κ2) is 7.68. The fraction of sp³-hybridized carbons (Fsp3) is 0.526. The SMILES string of the molecule is COC(=O)c1cccc(C(=O)C2CCN(C(=O)OC(C)(C)C)CC2)c1. The van der Waals surface area contributed by atoms with Crippen molar-refractivity contribution < 1.29 is 23.9 Å². The van der Waals surface area contributed by atoms with Crippen molar-refractivity contribution >= 4 is 17.8 Å². The molecule has 0 N–H and O–H groups in total. The van der Waals surface area contributed by atoms with E-state index in [-0.39, 0.29) is 17.8 Å². The van der Waals surface area contributed by atoms with Gasteiger partial charge in [0, 0.05) is 24.6 Å². The number of ketones is 1. The summed E-state index contributed by atoms with van der Waals surface area (Å²) in [5.41, 5.74) is 0.330. The molecule has 0 atom stereocenters. The van der Waals surface area contributed by atoms with E-state index in [0.717, 1.165) is 0 Å². The molecule has 136 valence electrons. The Morgan fingerprint density at radius 1 is 1.08 bits per heavy atom. The molecule has 0 unspecified atom stereocenters. The lowest BCUT2D eigenvalue weighted by atomic mass is 9.88. The van der Waals surface area contributed by atoms with Crippen molar-refractivity contribution in [2.75, 3.05) is 20.2 Å². The van der Waals surface area contributed by atoms with Crippen molar-refractivity contribution in [3.05, 3.63) is 35.4 Å². The number of hydrogen-bond donors (Lipinski definition) is 0. The Morgan fingerprint density at radius 2 is 1.68 bits per heavy atom. The predicted molar refractivity (Wildman–Crippen MR) is 92.6 cm³/mol. The Morgan fingerprint density at radius 3 is 2.24 bits per heavy atom. The summed E-state index contributed by atoms with van der Waals surface area (Å²) >= 11 is 0. The van der Waals surface area contributed by atoms with Crippen LogP contribution >= 0.6 is 0 Å². The van der Waals surface area contributed by atoms with Gasteiger partial charge in [-0.25, -0.2) is 9.59 Å². The van der Waals surface area contributed by atoms with E-state index < -0.39 is 11.6 Å². The monoisotopic (exact) mass is 347 g/mol. The number of carbonyl (C=O) groups is 3. The number of nitrogens with zero attached hydrogens (tertiary/aromatic N) is 1. The molecule has 1 fully saturated rings. The van der Waals surface area contributed by atoms with Gasteiger partial charge in [0.25, 0.3) is 0 Å². The van der Waals surface area contributed by atoms with Crippen LogP contribution < -0.4 is 0 Å². The van der Waals surface area contributed by atoms with Gasteiger partial charge in [0.15, 0.2) is 5.78 Å². The largest absolute Gasteiger partial charge is 0.465 e. The van der Waals surface area contributed by atoms with Gasteiger partial charge in [-0.15, -0.1) is 0 Å². The average Bonchev–Trinajstić information content (AvgIpc) is 2.59. The smallest absolute Gasteiger partial charge is 0.410 e. The molecule has 1 amide bonds. The standard InChI is InChI=1S/C19H25NO5/c1-19(2,3)25-18(23)20-10-8-13(9-11-20)16(21)14-6-5-7-15(12-14)17(22)24-4/h5-7,12-13H,8-11H2,1-4H3. The first-order valence-corrected chi connectivity index (χ1v) is 8.42. The van der Waals surface area contributed by atoms with Gasteiger partial charge in [0.2, 0.25) is 0 Å². The molecule has 1 saturated heterocycles. The minimum absolute atomic E-state index is 0.00501. The van der Waals surface area contributed by atoms with E-state index in [1.165, 1.54) is 7.11 Å². The van der Waals surface area contributed by atoms with Gasteiger partial charge in [-0.2, -0.15) is 0 Å². The Labute approximate surface area is 148 Å². The molecule has 25 heavy (non-hydrogen) atoms. The van der Waals surface area contributed by atoms with Crippen molar-refractivity contribution in [3.8, 4) is 0 Å². The predicted octanol–water partition coefficient (Wildman–Crippen LogP) is 3.30. The first-order valence-electron chi connectivity index (χ1n) is 8.42. The van der Waals surface area contributed by atoms with Gasteiger partial charge in [-0.05, 0) is 45.7 Å². The highest BCUT2D eigenvalue weighted by atomic mass is 16.6. The number of ether oxygens (including phenoxy) is 2. The minimum Gasteiger partial charge on any atom is -0.465 e. The van der Waals surface area contributed by atoms with Crippen LogP contribution in [0.15, 0.2) is 24.3 Å². The maximum absolute atomic E-state index is 12.7. The number of likely N-dealkylation sites (tertiary alicyclic amines) is 1. The summed E-state index contributed by atoms with van der Waals surface area (Å²) in [5.74, 6) is -0.629. The lowest BCUT2D eigenvalue weighted by Gasteiger charge is -2.33. The van der Waals surface area contributed by atoms with E-state index in [9.17, 15) is 14.4 Å². The quantitative estimate of drug-likeness (QED) is 0.619. The minimum atomic E-state index is -0.530. The molecule has 0 saturated carbocycles. The third-order valence-electron chi connectivity index (χ3n) is 4.09. The summed E-state index contributed by atoms with van der Waals surface area (Å²) in [6, 6.07) is 6.56. The fourth-order valence-corrected chi connectivity index (χ4v) is 2.80. The molecule has 1 aliphatic heterocycles. The third kappa shape index (κ3) is 5.05. The molecule has 6 nitrogen and oxygen atoms in total. The number of Topliss-reactive ketones (excluding diaryl/α,β-unsaturated/α-hetero) is 1. The molecular weight excluding hydrogens is 322 g/mol. The molecule has 0 bridgehead atoms. The van der Waals surface area contributed by atoms with Crippen LogP contribution in [0.5, 0.6) is 0 Å². The highest BCUT2D eigenvalue weighted by Crippen LogP contribution is 2.23. The summed E-state index contributed by atoms with van der Waals surface area (Å²) in [6.45, 7) is 6.46. The van der Waals surface area contributed by atoms with E-state index in [4.69, 9.17) is 4.74 Å². The summed E-state index contributed by atoms with van der Waals surface area (Å²) in [6.07, 6.45) is 0.826. The number of amides is 1. The number of carbonyl (C=O) groups excluding carboxylic acids is 3. The van der Waals surface area contributed by atoms with E-state index in [2.05, 4.69) is 4.74 Å². The zero-order chi connectivity index (χ0) is 18.6. The van der Waals surface area contributed by atoms with Crippen LogP contribution in [0.3, 0.4) is 0 Å². The van der Waals surface area contributed by atoms with E-state index in [1.54, 1.807) is 29.2 Å². The lowest BCUT2D eigenvalue weighted by Crippen LogP contribution is -2.43. The van der Waals surface area contributed by atoms with Gasteiger partial charge in [0.05, 0.1) is 12.7 Å². The maximum Gasteiger partial charge on any atom is 0.410 e. The van der Waals surface area contributed by atoms with E-state index in [1.807, 2.05) is 20.8 Å². The highest BCUT2D eigenvalue weighted by Gasteiger charge is 2.30. The summed E-state index contributed by atoms with van der Waals surface area (Å²) in [5, 5.41) is 0. The molecule has 0 spiro atoms. The molecule has 1 aliphatic rings. The van der Waals surface area contributed by atoms with Crippen LogP contribution in [0.4, 0.5) is 4.79 Å². The molecule has 6 heteroatoms. The maximum atomic E-state index is 12.7. The summed E-state index contributed by atoms with van der Waals surface area (Å²) in [4.78, 5) is 38.0. The van der Waals surface area contributed by atoms with Gasteiger partial charge in [-0.3, -0.25) is 4.79 Å². The summed E-state index contributed by atoms with van der Waals surface area (Å²) in [7, 11) is 1.31. The normalized spacial score (nSPS) is 15.6. The van der Waals surface area contributed by atoms with E-state index >= 15 is 0 Å². The van der Waals surface area contributed by atoms with Crippen LogP contribution in [0.2, 0.25) is 0 Å². The second-order valence-corrected chi connectivity index (χ2v) is 7.18. The number of rotatable bonds is 3. The Kier molecular flexibility index (Phi) is 5.82. The third-order valence-corrected chi connectivity index (χ3v) is 4.09. The van der Waals surface area contributed by atoms with Gasteiger partial charge in [-0.1, -0.05) is 12.1 Å². The molecule has 2 rings (SSSR count). The Hall–Kier alpha value is -2.37. The molecule has 0 radical (unpaired) electrons. The molecular formula is C19H25NO5. The van der Waals surface area contributed by atoms with Crippen LogP contribution in [-0.2, 0) is 9.47 Å². The highest BCUT2D eigenvalue weighted by molar-refractivity contribution is 6.00.